The molecule has 124 valence electrons. The monoisotopic (exact) mass is 388 g/mol. The molecular formula is C17H17BrN4O2. The molecule has 7 heteroatoms. The van der Waals surface area contributed by atoms with Crippen LogP contribution in [0.15, 0.2) is 33.7 Å². The van der Waals surface area contributed by atoms with Crippen LogP contribution in [-0.4, -0.2) is 25.0 Å². The summed E-state index contributed by atoms with van der Waals surface area (Å²) in [7, 11) is 0. The van der Waals surface area contributed by atoms with Gasteiger partial charge in [0.25, 0.3) is 5.91 Å². The van der Waals surface area contributed by atoms with Gasteiger partial charge in [-0.1, -0.05) is 28.1 Å². The van der Waals surface area contributed by atoms with Crippen LogP contribution in [0.25, 0.3) is 0 Å². The molecule has 1 aromatic rings. The molecule has 0 amide bonds. The largest absolute Gasteiger partial charge is 0.386 e. The van der Waals surface area contributed by atoms with Gasteiger partial charge in [-0.05, 0) is 31.5 Å². The number of hydrogen-bond acceptors (Lipinski definition) is 6. The maximum absolute atomic E-state index is 10.1. The molecule has 0 radical (unpaired) electrons. The second kappa shape index (κ2) is 5.56. The van der Waals surface area contributed by atoms with Crippen LogP contribution in [0, 0.1) is 33.5 Å². The van der Waals surface area contributed by atoms with Crippen molar-refractivity contribution >= 4 is 21.8 Å². The van der Waals surface area contributed by atoms with Gasteiger partial charge in [-0.2, -0.15) is 10.5 Å². The van der Waals surface area contributed by atoms with Gasteiger partial charge in [0, 0.05) is 23.6 Å². The lowest BCUT2D eigenvalue weighted by atomic mass is 9.93. The third-order valence-corrected chi connectivity index (χ3v) is 5.28. The summed E-state index contributed by atoms with van der Waals surface area (Å²) in [6, 6.07) is 12.0. The van der Waals surface area contributed by atoms with E-state index in [0.717, 1.165) is 10.0 Å². The zero-order valence-corrected chi connectivity index (χ0v) is 15.0. The second-order valence-corrected chi connectivity index (χ2v) is 6.69. The molecule has 0 aromatic heterocycles. The quantitative estimate of drug-likeness (QED) is 0.780. The molecule has 0 saturated heterocycles. The fourth-order valence-corrected chi connectivity index (χ4v) is 4.35. The van der Waals surface area contributed by atoms with E-state index in [-0.39, 0.29) is 19.0 Å². The molecular weight excluding hydrogens is 372 g/mol. The van der Waals surface area contributed by atoms with Crippen LogP contribution in [0.3, 0.4) is 0 Å². The number of benzene rings is 1. The topological polar surface area (TPSA) is 104 Å². The van der Waals surface area contributed by atoms with Crippen LogP contribution in [-0.2, 0) is 9.47 Å². The second-order valence-electron chi connectivity index (χ2n) is 5.77. The van der Waals surface area contributed by atoms with Crippen LogP contribution in [0.2, 0.25) is 0 Å². The van der Waals surface area contributed by atoms with Gasteiger partial charge in [-0.3, -0.25) is 0 Å². The molecule has 1 aliphatic heterocycles. The third kappa shape index (κ3) is 1.72. The van der Waals surface area contributed by atoms with Gasteiger partial charge in [-0.15, -0.1) is 0 Å². The highest BCUT2D eigenvalue weighted by atomic mass is 79.9. The van der Waals surface area contributed by atoms with Gasteiger partial charge in [0.2, 0.25) is 0 Å². The zero-order valence-electron chi connectivity index (χ0n) is 13.4. The van der Waals surface area contributed by atoms with Crippen molar-refractivity contribution in [3.05, 3.63) is 34.3 Å². The first kappa shape index (κ1) is 16.9. The van der Waals surface area contributed by atoms with Crippen LogP contribution >= 0.6 is 15.9 Å². The summed E-state index contributed by atoms with van der Waals surface area (Å²) in [6.07, 6.45) is 0. The summed E-state index contributed by atoms with van der Waals surface area (Å²) in [4.78, 5) is 4.31. The van der Waals surface area contributed by atoms with Gasteiger partial charge in [0.15, 0.2) is 5.41 Å². The number of nitrogens with zero attached hydrogens (tertiary/aromatic N) is 3. The normalized spacial score (nSPS) is 32.4. The van der Waals surface area contributed by atoms with E-state index in [0.29, 0.717) is 0 Å². The van der Waals surface area contributed by atoms with E-state index >= 15 is 0 Å². The number of halogens is 1. The Labute approximate surface area is 149 Å². The molecule has 3 atom stereocenters. The minimum absolute atomic E-state index is 0.0958. The van der Waals surface area contributed by atoms with Crippen molar-refractivity contribution in [2.75, 3.05) is 13.2 Å². The summed E-state index contributed by atoms with van der Waals surface area (Å²) in [6.45, 7) is 4.15. The molecule has 2 N–H and O–H groups in total. The fourth-order valence-electron chi connectivity index (χ4n) is 3.94. The standard InChI is InChI=1S/C17H17BrN4O2/c1-3-23-17(24-4-2)16(10-20)13(11-6-5-7-12(18)8-11)15(16,9-19)14(21)22-17/h5-8,13H,3-4H2,1-2H3,(H2,21,22)/t13-,15-,16-/m1/s1. The van der Waals surface area contributed by atoms with E-state index in [1.165, 1.54) is 0 Å². The average Bonchev–Trinajstić information content (AvgIpc) is 3.14. The number of aliphatic imine (C=N–C) groups is 1. The van der Waals surface area contributed by atoms with Crippen molar-refractivity contribution in [1.29, 1.82) is 10.5 Å². The lowest BCUT2D eigenvalue weighted by Gasteiger charge is -2.31. The maximum atomic E-state index is 10.1. The number of amidine groups is 1. The fraction of sp³-hybridized carbons (Fsp3) is 0.471. The van der Waals surface area contributed by atoms with Crippen molar-refractivity contribution in [3.8, 4) is 12.1 Å². The highest BCUT2D eigenvalue weighted by Crippen LogP contribution is 2.82. The number of nitriles is 2. The van der Waals surface area contributed by atoms with Crippen molar-refractivity contribution in [1.82, 2.24) is 0 Å². The highest BCUT2D eigenvalue weighted by Gasteiger charge is 2.93. The predicted molar refractivity (Wildman–Crippen MR) is 90.6 cm³/mol. The summed E-state index contributed by atoms with van der Waals surface area (Å²) >= 11 is 3.43. The Kier molecular flexibility index (Phi) is 3.92. The molecule has 1 fully saturated rings. The Bertz CT molecular complexity index is 791. The van der Waals surface area contributed by atoms with E-state index in [2.05, 4.69) is 33.1 Å². The van der Waals surface area contributed by atoms with E-state index in [1.807, 2.05) is 24.3 Å². The zero-order chi connectivity index (χ0) is 17.6. The SMILES string of the molecule is CCOC1(OCC)N=C(N)[C@@]2(C#N)[C@@H](c3cccc(Br)c3)[C@@]12C#N. The Morgan fingerprint density at radius 2 is 1.92 bits per heavy atom. The van der Waals surface area contributed by atoms with Crippen molar-refractivity contribution in [3.63, 3.8) is 0 Å². The molecule has 6 nitrogen and oxygen atoms in total. The Morgan fingerprint density at radius 3 is 2.42 bits per heavy atom. The third-order valence-electron chi connectivity index (χ3n) is 4.79. The van der Waals surface area contributed by atoms with Crippen LogP contribution < -0.4 is 5.73 Å². The first-order chi connectivity index (χ1) is 11.5. The van der Waals surface area contributed by atoms with Gasteiger partial charge in [0.05, 0.1) is 12.1 Å². The van der Waals surface area contributed by atoms with Crippen LogP contribution in [0.5, 0.6) is 0 Å². The smallest absolute Gasteiger partial charge is 0.293 e. The summed E-state index contributed by atoms with van der Waals surface area (Å²) in [5.74, 6) is -1.93. The van der Waals surface area contributed by atoms with Gasteiger partial charge in [-0.25, -0.2) is 4.99 Å². The van der Waals surface area contributed by atoms with Gasteiger partial charge in [0.1, 0.15) is 11.3 Å². The van der Waals surface area contributed by atoms with Gasteiger partial charge >= 0.3 is 0 Å². The summed E-state index contributed by atoms with van der Waals surface area (Å²) in [5, 5.41) is 20.0. The van der Waals surface area contributed by atoms with Crippen molar-refractivity contribution in [2.24, 2.45) is 21.6 Å². The summed E-state index contributed by atoms with van der Waals surface area (Å²) in [5.41, 5.74) is 4.42. The van der Waals surface area contributed by atoms with E-state index in [4.69, 9.17) is 15.2 Å². The number of fused-ring (bicyclic) bond motifs is 1. The lowest BCUT2D eigenvalue weighted by Crippen LogP contribution is -2.43. The van der Waals surface area contributed by atoms with Crippen molar-refractivity contribution < 1.29 is 9.47 Å². The molecule has 0 unspecified atom stereocenters. The number of rotatable bonds is 5. The van der Waals surface area contributed by atoms with E-state index in [9.17, 15) is 10.5 Å². The Balaban J connectivity index is 2.23. The predicted octanol–water partition coefficient (Wildman–Crippen LogP) is 2.66. The average molecular weight is 389 g/mol. The molecule has 24 heavy (non-hydrogen) atoms. The van der Waals surface area contributed by atoms with Gasteiger partial charge < -0.3 is 15.2 Å². The Hall–Kier alpha value is -1.93. The van der Waals surface area contributed by atoms with Crippen molar-refractivity contribution in [2.45, 2.75) is 25.7 Å². The lowest BCUT2D eigenvalue weighted by molar-refractivity contribution is -0.255. The minimum atomic E-state index is -1.56. The number of ether oxygens (including phenoxy) is 2. The minimum Gasteiger partial charge on any atom is -0.386 e. The van der Waals surface area contributed by atoms with E-state index < -0.39 is 22.7 Å². The molecule has 0 spiro atoms. The molecule has 1 saturated carbocycles. The molecule has 3 rings (SSSR count). The summed E-state index contributed by atoms with van der Waals surface area (Å²) < 4.78 is 12.4. The molecule has 1 heterocycles. The highest BCUT2D eigenvalue weighted by molar-refractivity contribution is 9.10. The Morgan fingerprint density at radius 1 is 1.25 bits per heavy atom. The number of hydrogen-bond donors (Lipinski definition) is 1. The first-order valence-electron chi connectivity index (χ1n) is 7.71. The van der Waals surface area contributed by atoms with E-state index in [1.54, 1.807) is 13.8 Å². The van der Waals surface area contributed by atoms with Crippen LogP contribution in [0.1, 0.15) is 25.3 Å². The molecule has 0 bridgehead atoms. The van der Waals surface area contributed by atoms with Crippen LogP contribution in [0.4, 0.5) is 0 Å². The number of nitrogens with two attached hydrogens (primary N) is 1. The molecule has 2 aliphatic rings. The molecule has 1 aliphatic carbocycles. The molecule has 1 aromatic carbocycles. The first-order valence-corrected chi connectivity index (χ1v) is 8.50. The maximum Gasteiger partial charge on any atom is 0.293 e.